The van der Waals surface area contributed by atoms with Crippen LogP contribution in [0.5, 0.6) is 0 Å². The van der Waals surface area contributed by atoms with Crippen molar-refractivity contribution >= 4 is 0 Å². The third-order valence-corrected chi connectivity index (χ3v) is 4.03. The highest BCUT2D eigenvalue weighted by Gasteiger charge is 2.17. The van der Waals surface area contributed by atoms with E-state index < -0.39 is 0 Å². The standard InChI is InChI=1S/C14H28N2O/c1-12(11-13-5-2-3-8-16-13)15-9-7-14-6-4-10-17-14/h12-16H,2-11H2,1H3. The number of ether oxygens (including phenoxy) is 1. The van der Waals surface area contributed by atoms with E-state index in [1.807, 2.05) is 0 Å². The van der Waals surface area contributed by atoms with Crippen LogP contribution in [0.1, 0.15) is 51.9 Å². The van der Waals surface area contributed by atoms with E-state index in [0.29, 0.717) is 12.1 Å². The van der Waals surface area contributed by atoms with E-state index in [0.717, 1.165) is 19.2 Å². The van der Waals surface area contributed by atoms with Crippen LogP contribution >= 0.6 is 0 Å². The highest BCUT2D eigenvalue weighted by molar-refractivity contribution is 4.77. The Morgan fingerprint density at radius 3 is 2.94 bits per heavy atom. The maximum absolute atomic E-state index is 5.63. The molecule has 17 heavy (non-hydrogen) atoms. The van der Waals surface area contributed by atoms with Crippen molar-refractivity contribution in [2.45, 2.75) is 70.1 Å². The fourth-order valence-electron chi connectivity index (χ4n) is 3.00. The lowest BCUT2D eigenvalue weighted by molar-refractivity contribution is 0.103. The van der Waals surface area contributed by atoms with Gasteiger partial charge >= 0.3 is 0 Å². The van der Waals surface area contributed by atoms with Crippen LogP contribution in [0.4, 0.5) is 0 Å². The molecule has 0 radical (unpaired) electrons. The molecule has 0 amide bonds. The fraction of sp³-hybridized carbons (Fsp3) is 1.00. The summed E-state index contributed by atoms with van der Waals surface area (Å²) in [6.45, 7) is 5.61. The first-order valence-corrected chi connectivity index (χ1v) is 7.43. The molecule has 2 N–H and O–H groups in total. The molecule has 0 aromatic carbocycles. The van der Waals surface area contributed by atoms with Crippen LogP contribution in [0.3, 0.4) is 0 Å². The molecule has 2 aliphatic heterocycles. The SMILES string of the molecule is CC(CC1CCCCN1)NCCC1CCCO1. The third-order valence-electron chi connectivity index (χ3n) is 4.03. The van der Waals surface area contributed by atoms with Gasteiger partial charge in [0.25, 0.3) is 0 Å². The second-order valence-corrected chi connectivity index (χ2v) is 5.66. The van der Waals surface area contributed by atoms with Crippen LogP contribution in [-0.4, -0.2) is 37.9 Å². The molecule has 0 aromatic heterocycles. The lowest BCUT2D eigenvalue weighted by Gasteiger charge is -2.26. The number of hydrogen-bond acceptors (Lipinski definition) is 3. The second kappa shape index (κ2) is 7.34. The minimum Gasteiger partial charge on any atom is -0.378 e. The van der Waals surface area contributed by atoms with Crippen molar-refractivity contribution in [3.8, 4) is 0 Å². The van der Waals surface area contributed by atoms with Crippen LogP contribution in [0.25, 0.3) is 0 Å². The predicted octanol–water partition coefficient (Wildman–Crippen LogP) is 2.07. The molecule has 3 heteroatoms. The van der Waals surface area contributed by atoms with Gasteiger partial charge in [-0.15, -0.1) is 0 Å². The van der Waals surface area contributed by atoms with E-state index in [1.54, 1.807) is 0 Å². The topological polar surface area (TPSA) is 33.3 Å². The van der Waals surface area contributed by atoms with Crippen molar-refractivity contribution in [2.75, 3.05) is 19.7 Å². The molecule has 3 unspecified atom stereocenters. The molecular weight excluding hydrogens is 212 g/mol. The zero-order valence-electron chi connectivity index (χ0n) is 11.2. The summed E-state index contributed by atoms with van der Waals surface area (Å²) >= 11 is 0. The highest BCUT2D eigenvalue weighted by atomic mass is 16.5. The molecule has 2 heterocycles. The molecule has 2 aliphatic rings. The van der Waals surface area contributed by atoms with Gasteiger partial charge in [0.2, 0.25) is 0 Å². The lowest BCUT2D eigenvalue weighted by atomic mass is 9.99. The minimum absolute atomic E-state index is 0.530. The second-order valence-electron chi connectivity index (χ2n) is 5.66. The number of hydrogen-bond donors (Lipinski definition) is 2. The summed E-state index contributed by atoms with van der Waals surface area (Å²) in [5, 5.41) is 7.25. The van der Waals surface area contributed by atoms with Crippen LogP contribution in [-0.2, 0) is 4.74 Å². The van der Waals surface area contributed by atoms with Crippen LogP contribution < -0.4 is 10.6 Å². The molecule has 3 nitrogen and oxygen atoms in total. The first-order chi connectivity index (χ1) is 8.34. The average molecular weight is 240 g/mol. The van der Waals surface area contributed by atoms with Gasteiger partial charge in [0.1, 0.15) is 0 Å². The van der Waals surface area contributed by atoms with Crippen molar-refractivity contribution in [3.63, 3.8) is 0 Å². The maximum atomic E-state index is 5.63. The summed E-state index contributed by atoms with van der Waals surface area (Å²) in [4.78, 5) is 0. The number of rotatable bonds is 6. The quantitative estimate of drug-likeness (QED) is 0.745. The first kappa shape index (κ1) is 13.3. The van der Waals surface area contributed by atoms with Gasteiger partial charge < -0.3 is 15.4 Å². The molecule has 0 bridgehead atoms. The minimum atomic E-state index is 0.530. The molecule has 0 saturated carbocycles. The van der Waals surface area contributed by atoms with Crippen molar-refractivity contribution in [2.24, 2.45) is 0 Å². The van der Waals surface area contributed by atoms with Crippen LogP contribution in [0.15, 0.2) is 0 Å². The van der Waals surface area contributed by atoms with Crippen molar-refractivity contribution < 1.29 is 4.74 Å². The monoisotopic (exact) mass is 240 g/mol. The summed E-state index contributed by atoms with van der Waals surface area (Å²) in [6.07, 6.45) is 9.62. The molecular formula is C14H28N2O. The van der Waals surface area contributed by atoms with Crippen LogP contribution in [0, 0.1) is 0 Å². The summed E-state index contributed by atoms with van der Waals surface area (Å²) < 4.78 is 5.63. The predicted molar refractivity (Wildman–Crippen MR) is 71.3 cm³/mol. The Bertz CT molecular complexity index is 198. The van der Waals surface area contributed by atoms with Gasteiger partial charge in [-0.1, -0.05) is 6.42 Å². The van der Waals surface area contributed by atoms with Gasteiger partial charge in [-0.25, -0.2) is 0 Å². The fourth-order valence-corrected chi connectivity index (χ4v) is 3.00. The Morgan fingerprint density at radius 2 is 2.24 bits per heavy atom. The summed E-state index contributed by atoms with van der Waals surface area (Å²) in [7, 11) is 0. The Morgan fingerprint density at radius 1 is 1.29 bits per heavy atom. The van der Waals surface area contributed by atoms with Gasteiger partial charge in [0.05, 0.1) is 6.10 Å². The molecule has 2 fully saturated rings. The van der Waals surface area contributed by atoms with E-state index >= 15 is 0 Å². The Balaban J connectivity index is 1.52. The van der Waals surface area contributed by atoms with Gasteiger partial charge in [-0.3, -0.25) is 0 Å². The number of nitrogens with one attached hydrogen (secondary N) is 2. The third kappa shape index (κ3) is 4.94. The zero-order chi connectivity index (χ0) is 11.9. The van der Waals surface area contributed by atoms with E-state index in [1.165, 1.54) is 51.5 Å². The van der Waals surface area contributed by atoms with Gasteiger partial charge in [0, 0.05) is 18.7 Å². The molecule has 100 valence electrons. The normalized spacial score (nSPS) is 31.6. The summed E-state index contributed by atoms with van der Waals surface area (Å²) in [5.41, 5.74) is 0. The van der Waals surface area contributed by atoms with Gasteiger partial charge in [0.15, 0.2) is 0 Å². The Hall–Kier alpha value is -0.120. The molecule has 2 saturated heterocycles. The molecule has 3 atom stereocenters. The smallest absolute Gasteiger partial charge is 0.0588 e. The van der Waals surface area contributed by atoms with Crippen LogP contribution in [0.2, 0.25) is 0 Å². The van der Waals surface area contributed by atoms with E-state index in [2.05, 4.69) is 17.6 Å². The van der Waals surface area contributed by atoms with Gasteiger partial charge in [-0.2, -0.15) is 0 Å². The van der Waals surface area contributed by atoms with Crippen molar-refractivity contribution in [1.82, 2.24) is 10.6 Å². The van der Waals surface area contributed by atoms with E-state index in [4.69, 9.17) is 4.74 Å². The van der Waals surface area contributed by atoms with Crippen molar-refractivity contribution in [3.05, 3.63) is 0 Å². The number of piperidine rings is 1. The Kier molecular flexibility index (Phi) is 5.75. The maximum Gasteiger partial charge on any atom is 0.0588 e. The molecule has 2 rings (SSSR count). The lowest BCUT2D eigenvalue weighted by Crippen LogP contribution is -2.40. The van der Waals surface area contributed by atoms with E-state index in [9.17, 15) is 0 Å². The summed E-state index contributed by atoms with van der Waals surface area (Å²) in [6, 6.07) is 1.38. The first-order valence-electron chi connectivity index (χ1n) is 7.43. The summed E-state index contributed by atoms with van der Waals surface area (Å²) in [5.74, 6) is 0. The highest BCUT2D eigenvalue weighted by Crippen LogP contribution is 2.15. The average Bonchev–Trinajstić information content (AvgIpc) is 2.83. The Labute approximate surface area is 106 Å². The zero-order valence-corrected chi connectivity index (χ0v) is 11.2. The largest absolute Gasteiger partial charge is 0.378 e. The molecule has 0 spiro atoms. The molecule has 0 aromatic rings. The molecule has 0 aliphatic carbocycles. The van der Waals surface area contributed by atoms with E-state index in [-0.39, 0.29) is 0 Å². The van der Waals surface area contributed by atoms with Gasteiger partial charge in [-0.05, 0) is 58.5 Å². The van der Waals surface area contributed by atoms with Crippen molar-refractivity contribution in [1.29, 1.82) is 0 Å².